The van der Waals surface area contributed by atoms with Crippen molar-refractivity contribution in [1.82, 2.24) is 0 Å². The fourth-order valence-corrected chi connectivity index (χ4v) is 2.70. The van der Waals surface area contributed by atoms with E-state index in [9.17, 15) is 0 Å². The minimum Gasteiger partial charge on any atom is -0.380 e. The lowest BCUT2D eigenvalue weighted by Crippen LogP contribution is -2.01. The Morgan fingerprint density at radius 3 is 2.61 bits per heavy atom. The van der Waals surface area contributed by atoms with Crippen LogP contribution in [-0.4, -0.2) is 6.26 Å². The summed E-state index contributed by atoms with van der Waals surface area (Å²) in [7, 11) is 0. The summed E-state index contributed by atoms with van der Waals surface area (Å²) in [6.07, 6.45) is 2.07. The average molecular weight is 298 g/mol. The van der Waals surface area contributed by atoms with Gasteiger partial charge in [-0.15, -0.1) is 11.8 Å². The molecule has 0 aliphatic carbocycles. The molecule has 0 unspecified atom stereocenters. The zero-order chi connectivity index (χ0) is 13.0. The standard InChI is InChI=1S/C14H13Cl2NS/c1-18-14-5-3-2-4-13(14)17-9-10-6-7-11(15)8-12(10)16/h2-8,17H,9H2,1H3. The molecule has 0 bridgehead atoms. The third-order valence-corrected chi connectivity index (χ3v) is 3.97. The number of halogens is 2. The smallest absolute Gasteiger partial charge is 0.0480 e. The van der Waals surface area contributed by atoms with Gasteiger partial charge in [0.25, 0.3) is 0 Å². The van der Waals surface area contributed by atoms with Gasteiger partial charge in [0.05, 0.1) is 0 Å². The van der Waals surface area contributed by atoms with Crippen LogP contribution in [-0.2, 0) is 6.54 Å². The van der Waals surface area contributed by atoms with E-state index in [0.29, 0.717) is 16.6 Å². The van der Waals surface area contributed by atoms with Gasteiger partial charge in [-0.3, -0.25) is 0 Å². The summed E-state index contributed by atoms with van der Waals surface area (Å²) >= 11 is 13.7. The molecule has 0 radical (unpaired) electrons. The summed E-state index contributed by atoms with van der Waals surface area (Å²) in [6.45, 7) is 0.688. The number of nitrogens with one attached hydrogen (secondary N) is 1. The number of anilines is 1. The van der Waals surface area contributed by atoms with Gasteiger partial charge in [-0.05, 0) is 36.1 Å². The summed E-state index contributed by atoms with van der Waals surface area (Å²) in [5, 5.41) is 4.74. The Balaban J connectivity index is 2.11. The second kappa shape index (κ2) is 6.37. The molecule has 0 heterocycles. The molecule has 0 amide bonds. The highest BCUT2D eigenvalue weighted by molar-refractivity contribution is 7.98. The summed E-state index contributed by atoms with van der Waals surface area (Å²) in [6, 6.07) is 13.8. The molecule has 2 aromatic rings. The molecule has 0 fully saturated rings. The quantitative estimate of drug-likeness (QED) is 0.766. The van der Waals surface area contributed by atoms with Crippen LogP contribution in [0.5, 0.6) is 0 Å². The molecular formula is C14H13Cl2NS. The van der Waals surface area contributed by atoms with Crippen LogP contribution in [0.1, 0.15) is 5.56 Å². The van der Waals surface area contributed by atoms with Crippen molar-refractivity contribution >= 4 is 40.7 Å². The molecule has 2 rings (SSSR count). The molecule has 0 saturated heterocycles. The highest BCUT2D eigenvalue weighted by Crippen LogP contribution is 2.26. The SMILES string of the molecule is CSc1ccccc1NCc1ccc(Cl)cc1Cl. The lowest BCUT2D eigenvalue weighted by Gasteiger charge is -2.11. The van der Waals surface area contributed by atoms with E-state index in [4.69, 9.17) is 23.2 Å². The van der Waals surface area contributed by atoms with Crippen LogP contribution in [0.15, 0.2) is 47.4 Å². The van der Waals surface area contributed by atoms with Crippen LogP contribution in [0.2, 0.25) is 10.0 Å². The second-order valence-corrected chi connectivity index (χ2v) is 5.48. The maximum atomic E-state index is 6.14. The molecule has 94 valence electrons. The Kier molecular flexibility index (Phi) is 4.81. The van der Waals surface area contributed by atoms with Crippen molar-refractivity contribution in [2.75, 3.05) is 11.6 Å². The third-order valence-electron chi connectivity index (χ3n) is 2.59. The van der Waals surface area contributed by atoms with Crippen molar-refractivity contribution in [1.29, 1.82) is 0 Å². The van der Waals surface area contributed by atoms with E-state index in [1.807, 2.05) is 24.3 Å². The Hall–Kier alpha value is -0.830. The largest absolute Gasteiger partial charge is 0.380 e. The topological polar surface area (TPSA) is 12.0 Å². The zero-order valence-corrected chi connectivity index (χ0v) is 12.2. The summed E-state index contributed by atoms with van der Waals surface area (Å²) < 4.78 is 0. The summed E-state index contributed by atoms with van der Waals surface area (Å²) in [5.74, 6) is 0. The van der Waals surface area contributed by atoms with E-state index in [1.165, 1.54) is 4.90 Å². The fraction of sp³-hybridized carbons (Fsp3) is 0.143. The first-order valence-electron chi connectivity index (χ1n) is 5.51. The van der Waals surface area contributed by atoms with E-state index >= 15 is 0 Å². The van der Waals surface area contributed by atoms with E-state index < -0.39 is 0 Å². The lowest BCUT2D eigenvalue weighted by atomic mass is 10.2. The number of hydrogen-bond acceptors (Lipinski definition) is 2. The number of rotatable bonds is 4. The molecule has 0 spiro atoms. The number of hydrogen-bond donors (Lipinski definition) is 1. The summed E-state index contributed by atoms with van der Waals surface area (Å²) in [5.41, 5.74) is 2.16. The molecule has 0 aromatic heterocycles. The maximum absolute atomic E-state index is 6.14. The Labute approximate surface area is 121 Å². The minimum atomic E-state index is 0.660. The van der Waals surface area contributed by atoms with Crippen molar-refractivity contribution in [2.45, 2.75) is 11.4 Å². The van der Waals surface area contributed by atoms with Crippen LogP contribution < -0.4 is 5.32 Å². The molecule has 1 nitrogen and oxygen atoms in total. The molecule has 1 N–H and O–H groups in total. The minimum absolute atomic E-state index is 0.660. The number of thioether (sulfide) groups is 1. The van der Waals surface area contributed by atoms with Crippen molar-refractivity contribution in [3.05, 3.63) is 58.1 Å². The van der Waals surface area contributed by atoms with Crippen LogP contribution in [0, 0.1) is 0 Å². The normalized spacial score (nSPS) is 10.4. The molecule has 18 heavy (non-hydrogen) atoms. The zero-order valence-electron chi connectivity index (χ0n) is 9.91. The van der Waals surface area contributed by atoms with Crippen LogP contribution in [0.3, 0.4) is 0 Å². The van der Waals surface area contributed by atoms with Crippen molar-refractivity contribution in [2.24, 2.45) is 0 Å². The van der Waals surface area contributed by atoms with Gasteiger partial charge in [0.15, 0.2) is 0 Å². The highest BCUT2D eigenvalue weighted by Gasteiger charge is 2.03. The molecule has 0 aliphatic rings. The molecular weight excluding hydrogens is 285 g/mol. The predicted octanol–water partition coefficient (Wildman–Crippen LogP) is 5.33. The van der Waals surface area contributed by atoms with Crippen LogP contribution >= 0.6 is 35.0 Å². The second-order valence-electron chi connectivity index (χ2n) is 3.79. The van der Waals surface area contributed by atoms with E-state index in [0.717, 1.165) is 11.3 Å². The van der Waals surface area contributed by atoms with Gasteiger partial charge in [-0.25, -0.2) is 0 Å². The molecule has 4 heteroatoms. The van der Waals surface area contributed by atoms with E-state index in [1.54, 1.807) is 17.8 Å². The van der Waals surface area contributed by atoms with Gasteiger partial charge < -0.3 is 5.32 Å². The van der Waals surface area contributed by atoms with Gasteiger partial charge in [-0.1, -0.05) is 41.4 Å². The van der Waals surface area contributed by atoms with E-state index in [2.05, 4.69) is 23.7 Å². The lowest BCUT2D eigenvalue weighted by molar-refractivity contribution is 1.13. The first-order chi connectivity index (χ1) is 8.70. The Morgan fingerprint density at radius 2 is 1.89 bits per heavy atom. The average Bonchev–Trinajstić information content (AvgIpc) is 2.38. The van der Waals surface area contributed by atoms with Gasteiger partial charge in [0.2, 0.25) is 0 Å². The molecule has 0 aliphatic heterocycles. The van der Waals surface area contributed by atoms with Gasteiger partial charge in [-0.2, -0.15) is 0 Å². The Morgan fingerprint density at radius 1 is 1.11 bits per heavy atom. The van der Waals surface area contributed by atoms with Crippen molar-refractivity contribution in [3.63, 3.8) is 0 Å². The molecule has 0 atom stereocenters. The monoisotopic (exact) mass is 297 g/mol. The number of para-hydroxylation sites is 1. The first-order valence-corrected chi connectivity index (χ1v) is 7.49. The van der Waals surface area contributed by atoms with Gasteiger partial charge in [0.1, 0.15) is 0 Å². The molecule has 0 saturated carbocycles. The van der Waals surface area contributed by atoms with Crippen molar-refractivity contribution in [3.8, 4) is 0 Å². The fourth-order valence-electron chi connectivity index (χ4n) is 1.65. The third kappa shape index (κ3) is 3.35. The number of benzene rings is 2. The highest BCUT2D eigenvalue weighted by atomic mass is 35.5. The maximum Gasteiger partial charge on any atom is 0.0480 e. The predicted molar refractivity (Wildman–Crippen MR) is 82.0 cm³/mol. The molecule has 2 aromatic carbocycles. The van der Waals surface area contributed by atoms with Gasteiger partial charge in [0, 0.05) is 27.2 Å². The Bertz CT molecular complexity index is 543. The first kappa shape index (κ1) is 13.6. The summed E-state index contributed by atoms with van der Waals surface area (Å²) in [4.78, 5) is 1.22. The van der Waals surface area contributed by atoms with Crippen molar-refractivity contribution < 1.29 is 0 Å². The van der Waals surface area contributed by atoms with E-state index in [-0.39, 0.29) is 0 Å². The van der Waals surface area contributed by atoms with Gasteiger partial charge >= 0.3 is 0 Å². The van der Waals surface area contributed by atoms with Crippen LogP contribution in [0.4, 0.5) is 5.69 Å². The van der Waals surface area contributed by atoms with Crippen LogP contribution in [0.25, 0.3) is 0 Å².